The molecule has 0 bridgehead atoms. The molecule has 0 aromatic heterocycles. The minimum Gasteiger partial charge on any atom is -0.339 e. The van der Waals surface area contributed by atoms with Crippen molar-refractivity contribution in [1.82, 2.24) is 15.1 Å². The SMILES string of the molecule is Cc1cccc(CCC(=O)N2CCN(C(=O)NCC(C)(C)C)CC2)c1. The molecule has 1 aromatic carbocycles. The van der Waals surface area contributed by atoms with Crippen molar-refractivity contribution in [3.63, 3.8) is 0 Å². The van der Waals surface area contributed by atoms with Gasteiger partial charge in [-0.3, -0.25) is 4.79 Å². The topological polar surface area (TPSA) is 52.7 Å². The number of nitrogens with zero attached hydrogens (tertiary/aromatic N) is 2. The van der Waals surface area contributed by atoms with E-state index in [0.29, 0.717) is 39.1 Å². The summed E-state index contributed by atoms with van der Waals surface area (Å²) in [5.74, 6) is 0.177. The van der Waals surface area contributed by atoms with Gasteiger partial charge in [0.05, 0.1) is 0 Å². The minimum absolute atomic E-state index is 0.0261. The zero-order chi connectivity index (χ0) is 18.4. The van der Waals surface area contributed by atoms with Crippen molar-refractivity contribution >= 4 is 11.9 Å². The van der Waals surface area contributed by atoms with Crippen LogP contribution in [0.3, 0.4) is 0 Å². The molecular weight excluding hydrogens is 314 g/mol. The van der Waals surface area contributed by atoms with Gasteiger partial charge in [-0.1, -0.05) is 50.6 Å². The van der Waals surface area contributed by atoms with Gasteiger partial charge in [0, 0.05) is 39.1 Å². The summed E-state index contributed by atoms with van der Waals surface area (Å²) in [6, 6.07) is 8.27. The van der Waals surface area contributed by atoms with Crippen LogP contribution in [0.25, 0.3) is 0 Å². The van der Waals surface area contributed by atoms with Gasteiger partial charge < -0.3 is 15.1 Å². The van der Waals surface area contributed by atoms with Crippen LogP contribution < -0.4 is 5.32 Å². The second-order valence-electron chi connectivity index (χ2n) is 8.08. The van der Waals surface area contributed by atoms with Crippen LogP contribution in [0.2, 0.25) is 0 Å². The molecule has 1 aliphatic rings. The van der Waals surface area contributed by atoms with Crippen LogP contribution in [0, 0.1) is 12.3 Å². The Hall–Kier alpha value is -2.04. The first-order chi connectivity index (χ1) is 11.7. The first-order valence-electron chi connectivity index (χ1n) is 9.11. The second-order valence-corrected chi connectivity index (χ2v) is 8.08. The average Bonchev–Trinajstić information content (AvgIpc) is 2.57. The van der Waals surface area contributed by atoms with Gasteiger partial charge in [0.2, 0.25) is 5.91 Å². The molecule has 5 heteroatoms. The summed E-state index contributed by atoms with van der Waals surface area (Å²) in [5.41, 5.74) is 2.50. The van der Waals surface area contributed by atoms with Gasteiger partial charge in [0.25, 0.3) is 0 Å². The van der Waals surface area contributed by atoms with Gasteiger partial charge in [-0.2, -0.15) is 0 Å². The highest BCUT2D eigenvalue weighted by atomic mass is 16.2. The van der Waals surface area contributed by atoms with Crippen molar-refractivity contribution in [2.75, 3.05) is 32.7 Å². The quantitative estimate of drug-likeness (QED) is 0.912. The summed E-state index contributed by atoms with van der Waals surface area (Å²) in [7, 11) is 0. The maximum atomic E-state index is 12.4. The Bertz CT molecular complexity index is 599. The maximum absolute atomic E-state index is 12.4. The fourth-order valence-corrected chi connectivity index (χ4v) is 2.89. The van der Waals surface area contributed by atoms with Crippen LogP contribution >= 0.6 is 0 Å². The molecule has 2 rings (SSSR count). The number of carbonyl (C=O) groups is 2. The lowest BCUT2D eigenvalue weighted by Gasteiger charge is -2.35. The van der Waals surface area contributed by atoms with E-state index in [1.807, 2.05) is 11.0 Å². The average molecular weight is 345 g/mol. The van der Waals surface area contributed by atoms with E-state index >= 15 is 0 Å². The minimum atomic E-state index is -0.0261. The standard InChI is InChI=1S/C20H31N3O2/c1-16-6-5-7-17(14-16)8-9-18(24)22-10-12-23(13-11-22)19(25)21-15-20(2,3)4/h5-7,14H,8-13,15H2,1-4H3,(H,21,25). The van der Waals surface area contributed by atoms with Crippen LogP contribution in [0.15, 0.2) is 24.3 Å². The molecule has 138 valence electrons. The van der Waals surface area contributed by atoms with Crippen molar-refractivity contribution in [3.8, 4) is 0 Å². The molecule has 3 amide bonds. The zero-order valence-corrected chi connectivity index (χ0v) is 16.0. The Morgan fingerprint density at radius 3 is 2.32 bits per heavy atom. The Morgan fingerprint density at radius 1 is 1.08 bits per heavy atom. The van der Waals surface area contributed by atoms with Crippen LogP contribution in [-0.2, 0) is 11.2 Å². The Kier molecular flexibility index (Phi) is 6.45. The third kappa shape index (κ3) is 6.40. The normalized spacial score (nSPS) is 15.2. The summed E-state index contributed by atoms with van der Waals surface area (Å²) in [4.78, 5) is 28.3. The molecule has 0 aliphatic carbocycles. The first kappa shape index (κ1) is 19.3. The van der Waals surface area contributed by atoms with Crippen molar-refractivity contribution in [2.45, 2.75) is 40.5 Å². The van der Waals surface area contributed by atoms with Crippen molar-refractivity contribution in [2.24, 2.45) is 5.41 Å². The number of hydrogen-bond donors (Lipinski definition) is 1. The predicted molar refractivity (Wildman–Crippen MR) is 101 cm³/mol. The summed E-state index contributed by atoms with van der Waals surface area (Å²) in [5, 5.41) is 2.97. The predicted octanol–water partition coefficient (Wildman–Crippen LogP) is 2.83. The monoisotopic (exact) mass is 345 g/mol. The molecule has 1 saturated heterocycles. The first-order valence-corrected chi connectivity index (χ1v) is 9.11. The van der Waals surface area contributed by atoms with Gasteiger partial charge in [-0.05, 0) is 24.3 Å². The van der Waals surface area contributed by atoms with Crippen LogP contribution in [0.5, 0.6) is 0 Å². The smallest absolute Gasteiger partial charge is 0.317 e. The Labute approximate surface area is 151 Å². The van der Waals surface area contributed by atoms with Gasteiger partial charge >= 0.3 is 6.03 Å². The molecule has 0 unspecified atom stereocenters. The number of rotatable bonds is 4. The summed E-state index contributed by atoms with van der Waals surface area (Å²) < 4.78 is 0. The highest BCUT2D eigenvalue weighted by Gasteiger charge is 2.24. The fraction of sp³-hybridized carbons (Fsp3) is 0.600. The largest absolute Gasteiger partial charge is 0.339 e. The molecule has 1 heterocycles. The van der Waals surface area contributed by atoms with Gasteiger partial charge in [0.15, 0.2) is 0 Å². The lowest BCUT2D eigenvalue weighted by atomic mass is 9.97. The number of benzene rings is 1. The lowest BCUT2D eigenvalue weighted by Crippen LogP contribution is -2.53. The number of piperazine rings is 1. The molecule has 5 nitrogen and oxygen atoms in total. The van der Waals surface area contributed by atoms with Gasteiger partial charge in [-0.25, -0.2) is 4.79 Å². The third-order valence-corrected chi connectivity index (χ3v) is 4.40. The summed E-state index contributed by atoms with van der Waals surface area (Å²) >= 11 is 0. The van der Waals surface area contributed by atoms with E-state index in [1.165, 1.54) is 11.1 Å². The highest BCUT2D eigenvalue weighted by molar-refractivity contribution is 5.78. The second kappa shape index (κ2) is 8.37. The lowest BCUT2D eigenvalue weighted by molar-refractivity contribution is -0.132. The molecule has 1 aliphatic heterocycles. The van der Waals surface area contributed by atoms with Gasteiger partial charge in [0.1, 0.15) is 0 Å². The van der Waals surface area contributed by atoms with E-state index in [-0.39, 0.29) is 17.4 Å². The fourth-order valence-electron chi connectivity index (χ4n) is 2.89. The van der Waals surface area contributed by atoms with E-state index in [0.717, 1.165) is 6.42 Å². The number of aryl methyl sites for hydroxylation is 2. The molecular formula is C20H31N3O2. The summed E-state index contributed by atoms with van der Waals surface area (Å²) in [6.45, 7) is 11.5. The zero-order valence-electron chi connectivity index (χ0n) is 16.0. The Morgan fingerprint density at radius 2 is 1.72 bits per heavy atom. The van der Waals surface area contributed by atoms with E-state index in [2.05, 4.69) is 51.2 Å². The third-order valence-electron chi connectivity index (χ3n) is 4.40. The van der Waals surface area contributed by atoms with Crippen LogP contribution in [0.4, 0.5) is 4.79 Å². The molecule has 25 heavy (non-hydrogen) atoms. The number of urea groups is 1. The van der Waals surface area contributed by atoms with E-state index in [1.54, 1.807) is 4.90 Å². The van der Waals surface area contributed by atoms with Crippen LogP contribution in [-0.4, -0.2) is 54.5 Å². The number of hydrogen-bond acceptors (Lipinski definition) is 2. The van der Waals surface area contributed by atoms with E-state index < -0.39 is 0 Å². The van der Waals surface area contributed by atoms with Crippen molar-refractivity contribution in [1.29, 1.82) is 0 Å². The molecule has 0 spiro atoms. The van der Waals surface area contributed by atoms with Crippen molar-refractivity contribution < 1.29 is 9.59 Å². The van der Waals surface area contributed by atoms with E-state index in [9.17, 15) is 9.59 Å². The molecule has 0 atom stereocenters. The number of carbonyl (C=O) groups excluding carboxylic acids is 2. The molecule has 1 aromatic rings. The Balaban J connectivity index is 1.73. The maximum Gasteiger partial charge on any atom is 0.317 e. The molecule has 0 radical (unpaired) electrons. The van der Waals surface area contributed by atoms with E-state index in [4.69, 9.17) is 0 Å². The number of nitrogens with one attached hydrogen (secondary N) is 1. The number of amides is 3. The van der Waals surface area contributed by atoms with Gasteiger partial charge in [-0.15, -0.1) is 0 Å². The summed E-state index contributed by atoms with van der Waals surface area (Å²) in [6.07, 6.45) is 1.30. The van der Waals surface area contributed by atoms with Crippen molar-refractivity contribution in [3.05, 3.63) is 35.4 Å². The molecule has 1 N–H and O–H groups in total. The molecule has 0 saturated carbocycles. The van der Waals surface area contributed by atoms with Crippen LogP contribution in [0.1, 0.15) is 38.3 Å². The molecule has 1 fully saturated rings. The highest BCUT2D eigenvalue weighted by Crippen LogP contribution is 2.12.